The summed E-state index contributed by atoms with van der Waals surface area (Å²) in [6, 6.07) is 7.62. The number of alkyl halides is 2. The molecule has 0 aliphatic heterocycles. The summed E-state index contributed by atoms with van der Waals surface area (Å²) in [5.41, 5.74) is 1.07. The third-order valence-electron chi connectivity index (χ3n) is 3.48. The second kappa shape index (κ2) is 7.20. The van der Waals surface area contributed by atoms with Crippen molar-refractivity contribution in [2.24, 2.45) is 5.92 Å². The van der Waals surface area contributed by atoms with E-state index in [1.54, 1.807) is 12.1 Å². The summed E-state index contributed by atoms with van der Waals surface area (Å²) in [5.74, 6) is -2.14. The lowest BCUT2D eigenvalue weighted by atomic mass is 10.1. The smallest absolute Gasteiger partial charge is 0.288 e. The molecule has 0 heterocycles. The van der Waals surface area contributed by atoms with Gasteiger partial charge in [-0.3, -0.25) is 0 Å². The molecule has 0 bridgehead atoms. The molecule has 0 fully saturated rings. The molecule has 3 atom stereocenters. The minimum absolute atomic E-state index is 0.146. The molecule has 0 amide bonds. The highest BCUT2D eigenvalue weighted by atomic mass is 32.2. The molecular weight excluding hydrogens is 280 g/mol. The number of thioether (sulfide) groups is 1. The summed E-state index contributed by atoms with van der Waals surface area (Å²) < 4.78 is 24.5. The predicted molar refractivity (Wildman–Crippen MR) is 78.0 cm³/mol. The molecule has 1 unspecified atom stereocenters. The van der Waals surface area contributed by atoms with Crippen molar-refractivity contribution in [1.82, 2.24) is 5.32 Å². The van der Waals surface area contributed by atoms with Crippen LogP contribution in [0.3, 0.4) is 0 Å². The second-order valence-corrected chi connectivity index (χ2v) is 6.07. The topological polar surface area (TPSA) is 32.3 Å². The average Bonchev–Trinajstić information content (AvgIpc) is 2.86. The van der Waals surface area contributed by atoms with Gasteiger partial charge in [-0.1, -0.05) is 36.0 Å². The third-order valence-corrected chi connectivity index (χ3v) is 4.20. The lowest BCUT2D eigenvalue weighted by Gasteiger charge is -2.20. The van der Waals surface area contributed by atoms with Crippen molar-refractivity contribution in [3.63, 3.8) is 0 Å². The number of rotatable bonds is 6. The Labute approximate surface area is 122 Å². The van der Waals surface area contributed by atoms with Crippen LogP contribution in [0.1, 0.15) is 24.9 Å². The number of halogens is 2. The number of benzene rings is 1. The summed E-state index contributed by atoms with van der Waals surface area (Å²) in [5, 5.41) is 12.6. The highest BCUT2D eigenvalue weighted by Crippen LogP contribution is 2.27. The predicted octanol–water partition coefficient (Wildman–Crippen LogP) is 3.59. The van der Waals surface area contributed by atoms with Gasteiger partial charge in [0.25, 0.3) is 5.76 Å². The number of aliphatic hydroxyl groups excluding tert-OH is 1. The van der Waals surface area contributed by atoms with Crippen LogP contribution in [0, 0.1) is 5.92 Å². The molecule has 2 N–H and O–H groups in total. The van der Waals surface area contributed by atoms with Gasteiger partial charge in [-0.05, 0) is 31.0 Å². The molecule has 20 heavy (non-hydrogen) atoms. The first-order valence-electron chi connectivity index (χ1n) is 6.68. The Morgan fingerprint density at radius 3 is 2.55 bits per heavy atom. The van der Waals surface area contributed by atoms with E-state index in [9.17, 15) is 8.78 Å². The summed E-state index contributed by atoms with van der Waals surface area (Å²) in [4.78, 5) is 0.581. The molecule has 0 aromatic heterocycles. The molecule has 1 aromatic carbocycles. The Morgan fingerprint density at radius 1 is 1.30 bits per heavy atom. The maximum absolute atomic E-state index is 12.2. The van der Waals surface area contributed by atoms with Crippen LogP contribution in [0.4, 0.5) is 8.78 Å². The van der Waals surface area contributed by atoms with Crippen LogP contribution in [0.2, 0.25) is 0 Å². The van der Waals surface area contributed by atoms with Crippen LogP contribution >= 0.6 is 11.8 Å². The molecule has 1 aliphatic carbocycles. The quantitative estimate of drug-likeness (QED) is 0.622. The van der Waals surface area contributed by atoms with E-state index in [1.165, 1.54) is 0 Å². The lowest BCUT2D eigenvalue weighted by molar-refractivity contribution is 0.245. The Kier molecular flexibility index (Phi) is 5.57. The van der Waals surface area contributed by atoms with Crippen LogP contribution in [0.25, 0.3) is 0 Å². The van der Waals surface area contributed by atoms with Gasteiger partial charge in [0.05, 0.1) is 0 Å². The fourth-order valence-corrected chi connectivity index (χ4v) is 2.89. The summed E-state index contributed by atoms with van der Waals surface area (Å²) in [6.07, 6.45) is 5.02. The molecule has 0 saturated heterocycles. The van der Waals surface area contributed by atoms with Crippen LogP contribution in [0.5, 0.6) is 0 Å². The zero-order valence-corrected chi connectivity index (χ0v) is 12.1. The van der Waals surface area contributed by atoms with Gasteiger partial charge in [-0.2, -0.15) is 8.78 Å². The molecule has 1 aliphatic rings. The van der Waals surface area contributed by atoms with Crippen molar-refractivity contribution in [2.75, 3.05) is 6.61 Å². The highest BCUT2D eigenvalue weighted by molar-refractivity contribution is 7.99. The molecule has 0 radical (unpaired) electrons. The molecule has 5 heteroatoms. The van der Waals surface area contributed by atoms with Crippen LogP contribution < -0.4 is 5.32 Å². The van der Waals surface area contributed by atoms with Crippen LogP contribution in [-0.4, -0.2) is 23.5 Å². The minimum atomic E-state index is -2.38. The van der Waals surface area contributed by atoms with Gasteiger partial charge in [-0.25, -0.2) is 0 Å². The number of hydrogen-bond acceptors (Lipinski definition) is 3. The van der Waals surface area contributed by atoms with E-state index in [0.717, 1.165) is 12.0 Å². The third kappa shape index (κ3) is 4.30. The van der Waals surface area contributed by atoms with Gasteiger partial charge in [0.15, 0.2) is 0 Å². The molecular formula is C15H19F2NOS. The molecule has 2 rings (SSSR count). The first kappa shape index (κ1) is 15.5. The molecule has 2 nitrogen and oxygen atoms in total. The summed E-state index contributed by atoms with van der Waals surface area (Å²) in [6.45, 7) is 2.23. The van der Waals surface area contributed by atoms with E-state index in [0.29, 0.717) is 16.7 Å². The van der Waals surface area contributed by atoms with E-state index < -0.39 is 5.76 Å². The molecule has 110 valence electrons. The largest absolute Gasteiger partial charge is 0.396 e. The van der Waals surface area contributed by atoms with Crippen molar-refractivity contribution in [2.45, 2.75) is 36.1 Å². The normalized spacial score (nSPS) is 23.4. The zero-order valence-electron chi connectivity index (χ0n) is 11.3. The first-order valence-corrected chi connectivity index (χ1v) is 7.56. The standard InChI is InChI=1S/C15H19F2NOS/c1-10(18-13-5-2-11(8-13)9-19)12-3-6-14(7-4-12)20-15(16)17/h2-7,10-11,13,15,18-19H,8-9H2,1H3/t10?,11-,13+/m0/s1. The van der Waals surface area contributed by atoms with E-state index >= 15 is 0 Å². The lowest BCUT2D eigenvalue weighted by Crippen LogP contribution is -2.29. The van der Waals surface area contributed by atoms with Crippen molar-refractivity contribution >= 4 is 11.8 Å². The number of aliphatic hydroxyl groups is 1. The monoisotopic (exact) mass is 299 g/mol. The molecule has 0 saturated carbocycles. The van der Waals surface area contributed by atoms with Crippen molar-refractivity contribution in [3.8, 4) is 0 Å². The SMILES string of the molecule is CC(N[C@@H]1C=C[C@H](CO)C1)c1ccc(SC(F)F)cc1. The van der Waals surface area contributed by atoms with Crippen molar-refractivity contribution in [3.05, 3.63) is 42.0 Å². The van der Waals surface area contributed by atoms with Gasteiger partial charge in [0, 0.05) is 29.5 Å². The summed E-state index contributed by atoms with van der Waals surface area (Å²) >= 11 is 0.562. The van der Waals surface area contributed by atoms with Gasteiger partial charge >= 0.3 is 0 Å². The van der Waals surface area contributed by atoms with Gasteiger partial charge in [0.1, 0.15) is 0 Å². The maximum atomic E-state index is 12.2. The number of hydrogen-bond donors (Lipinski definition) is 2. The van der Waals surface area contributed by atoms with Gasteiger partial charge in [0.2, 0.25) is 0 Å². The first-order chi connectivity index (χ1) is 9.58. The maximum Gasteiger partial charge on any atom is 0.288 e. The van der Waals surface area contributed by atoms with Gasteiger partial charge < -0.3 is 10.4 Å². The van der Waals surface area contributed by atoms with Crippen LogP contribution in [-0.2, 0) is 0 Å². The summed E-state index contributed by atoms with van der Waals surface area (Å²) in [7, 11) is 0. The van der Waals surface area contributed by atoms with Crippen LogP contribution in [0.15, 0.2) is 41.3 Å². The average molecular weight is 299 g/mol. The fourth-order valence-electron chi connectivity index (χ4n) is 2.39. The van der Waals surface area contributed by atoms with E-state index in [4.69, 9.17) is 5.11 Å². The Hall–Kier alpha value is -0.910. The Morgan fingerprint density at radius 2 is 2.00 bits per heavy atom. The highest BCUT2D eigenvalue weighted by Gasteiger charge is 2.19. The van der Waals surface area contributed by atoms with E-state index in [-0.39, 0.29) is 24.6 Å². The molecule has 1 aromatic rings. The van der Waals surface area contributed by atoms with Crippen molar-refractivity contribution in [1.29, 1.82) is 0 Å². The zero-order chi connectivity index (χ0) is 14.5. The Bertz CT molecular complexity index is 450. The Balaban J connectivity index is 1.89. The fraction of sp³-hybridized carbons (Fsp3) is 0.467. The van der Waals surface area contributed by atoms with Crippen molar-refractivity contribution < 1.29 is 13.9 Å². The van der Waals surface area contributed by atoms with E-state index in [2.05, 4.69) is 18.3 Å². The van der Waals surface area contributed by atoms with E-state index in [1.807, 2.05) is 18.2 Å². The molecule has 0 spiro atoms. The number of nitrogens with one attached hydrogen (secondary N) is 1. The van der Waals surface area contributed by atoms with Gasteiger partial charge in [-0.15, -0.1) is 0 Å². The second-order valence-electron chi connectivity index (χ2n) is 5.01. The minimum Gasteiger partial charge on any atom is -0.396 e.